The van der Waals surface area contributed by atoms with Crippen molar-refractivity contribution in [3.63, 3.8) is 0 Å². The molecule has 0 spiro atoms. The van der Waals surface area contributed by atoms with E-state index < -0.39 is 9.84 Å². The van der Waals surface area contributed by atoms with Gasteiger partial charge in [-0.1, -0.05) is 13.3 Å². The zero-order valence-electron chi connectivity index (χ0n) is 8.78. The fourth-order valence-corrected chi connectivity index (χ4v) is 4.24. The highest BCUT2D eigenvalue weighted by molar-refractivity contribution is 7.91. The number of hydrogen-bond acceptors (Lipinski definition) is 3. The molecule has 1 aliphatic rings. The van der Waals surface area contributed by atoms with Gasteiger partial charge in [-0.15, -0.1) is 0 Å². The molecule has 0 aliphatic carbocycles. The maximum Gasteiger partial charge on any atom is 0.150 e. The second kappa shape index (κ2) is 5.12. The van der Waals surface area contributed by atoms with Crippen LogP contribution in [0.5, 0.6) is 0 Å². The summed E-state index contributed by atoms with van der Waals surface area (Å²) in [5.41, 5.74) is 0. The molecule has 14 heavy (non-hydrogen) atoms. The van der Waals surface area contributed by atoms with Crippen molar-refractivity contribution in [1.82, 2.24) is 0 Å². The summed E-state index contributed by atoms with van der Waals surface area (Å²) in [7, 11) is -2.74. The van der Waals surface area contributed by atoms with Gasteiger partial charge >= 0.3 is 0 Å². The molecule has 0 aromatic carbocycles. The van der Waals surface area contributed by atoms with Gasteiger partial charge in [0.15, 0.2) is 9.84 Å². The van der Waals surface area contributed by atoms with Crippen LogP contribution in [0.3, 0.4) is 0 Å². The van der Waals surface area contributed by atoms with E-state index in [1.54, 1.807) is 0 Å². The van der Waals surface area contributed by atoms with Gasteiger partial charge in [-0.3, -0.25) is 0 Å². The van der Waals surface area contributed by atoms with Crippen molar-refractivity contribution in [1.29, 1.82) is 0 Å². The van der Waals surface area contributed by atoms with E-state index in [2.05, 4.69) is 6.92 Å². The summed E-state index contributed by atoms with van der Waals surface area (Å²) in [5.74, 6) is 1.57. The zero-order valence-corrected chi connectivity index (χ0v) is 9.59. The van der Waals surface area contributed by atoms with Gasteiger partial charge in [0, 0.05) is 6.61 Å². The molecule has 0 bridgehead atoms. The van der Waals surface area contributed by atoms with Crippen molar-refractivity contribution in [2.24, 2.45) is 11.8 Å². The average molecular weight is 220 g/mol. The Kier molecular flexibility index (Phi) is 4.38. The SMILES string of the molecule is CCC(CCCO)C1CCS(=O)(=O)C1. The highest BCUT2D eigenvalue weighted by Gasteiger charge is 2.32. The Hall–Kier alpha value is -0.0900. The Morgan fingerprint density at radius 3 is 2.64 bits per heavy atom. The lowest BCUT2D eigenvalue weighted by atomic mass is 9.86. The highest BCUT2D eigenvalue weighted by Crippen LogP contribution is 2.30. The fourth-order valence-electron chi connectivity index (χ4n) is 2.32. The number of aliphatic hydroxyl groups excluding tert-OH is 1. The molecule has 2 unspecified atom stereocenters. The molecular weight excluding hydrogens is 200 g/mol. The van der Waals surface area contributed by atoms with Crippen LogP contribution in [-0.4, -0.2) is 31.6 Å². The Labute approximate surface area is 86.4 Å². The summed E-state index contributed by atoms with van der Waals surface area (Å²) >= 11 is 0. The predicted molar refractivity (Wildman–Crippen MR) is 56.9 cm³/mol. The number of hydrogen-bond donors (Lipinski definition) is 1. The number of aliphatic hydroxyl groups is 1. The largest absolute Gasteiger partial charge is 0.396 e. The third-order valence-electron chi connectivity index (χ3n) is 3.19. The van der Waals surface area contributed by atoms with Crippen LogP contribution in [0.25, 0.3) is 0 Å². The maximum atomic E-state index is 11.3. The van der Waals surface area contributed by atoms with Gasteiger partial charge in [0.25, 0.3) is 0 Å². The molecule has 0 aromatic rings. The lowest BCUT2D eigenvalue weighted by Gasteiger charge is -2.20. The van der Waals surface area contributed by atoms with Gasteiger partial charge in [0.05, 0.1) is 11.5 Å². The Morgan fingerprint density at radius 2 is 2.21 bits per heavy atom. The first-order valence-electron chi connectivity index (χ1n) is 5.40. The number of rotatable bonds is 5. The zero-order chi connectivity index (χ0) is 10.6. The van der Waals surface area contributed by atoms with Gasteiger partial charge in [0.1, 0.15) is 0 Å². The Bertz CT molecular complexity index is 259. The van der Waals surface area contributed by atoms with Crippen LogP contribution in [0.1, 0.15) is 32.6 Å². The van der Waals surface area contributed by atoms with Crippen LogP contribution < -0.4 is 0 Å². The summed E-state index contributed by atoms with van der Waals surface area (Å²) in [5, 5.41) is 8.74. The standard InChI is InChI=1S/C10H20O3S/c1-2-9(4-3-6-11)10-5-7-14(12,13)8-10/h9-11H,2-8H2,1H3. The van der Waals surface area contributed by atoms with Crippen LogP contribution in [0.15, 0.2) is 0 Å². The van der Waals surface area contributed by atoms with E-state index in [0.29, 0.717) is 23.3 Å². The molecule has 1 heterocycles. The summed E-state index contributed by atoms with van der Waals surface area (Å²) in [6, 6.07) is 0. The van der Waals surface area contributed by atoms with E-state index in [9.17, 15) is 8.42 Å². The molecule has 0 radical (unpaired) electrons. The summed E-state index contributed by atoms with van der Waals surface area (Å²) in [6.45, 7) is 2.32. The first-order valence-corrected chi connectivity index (χ1v) is 7.22. The van der Waals surface area contributed by atoms with Crippen molar-refractivity contribution >= 4 is 9.84 Å². The molecule has 1 saturated heterocycles. The molecular formula is C10H20O3S. The quantitative estimate of drug-likeness (QED) is 0.758. The van der Waals surface area contributed by atoms with E-state index in [-0.39, 0.29) is 6.61 Å². The molecule has 1 aliphatic heterocycles. The van der Waals surface area contributed by atoms with Crippen molar-refractivity contribution < 1.29 is 13.5 Å². The highest BCUT2D eigenvalue weighted by atomic mass is 32.2. The first-order chi connectivity index (χ1) is 6.59. The Balaban J connectivity index is 2.46. The second-order valence-corrected chi connectivity index (χ2v) is 6.43. The summed E-state index contributed by atoms with van der Waals surface area (Å²) in [6.07, 6.45) is 3.62. The molecule has 4 heteroatoms. The normalized spacial score (nSPS) is 27.7. The molecule has 0 saturated carbocycles. The van der Waals surface area contributed by atoms with Gasteiger partial charge in [-0.25, -0.2) is 8.42 Å². The van der Waals surface area contributed by atoms with E-state index in [1.807, 2.05) is 0 Å². The van der Waals surface area contributed by atoms with Gasteiger partial charge in [-0.05, 0) is 31.1 Å². The molecule has 2 atom stereocenters. The van der Waals surface area contributed by atoms with Gasteiger partial charge in [-0.2, -0.15) is 0 Å². The third-order valence-corrected chi connectivity index (χ3v) is 4.99. The minimum absolute atomic E-state index is 0.218. The molecule has 0 aromatic heterocycles. The van der Waals surface area contributed by atoms with Crippen molar-refractivity contribution in [2.75, 3.05) is 18.1 Å². The van der Waals surface area contributed by atoms with Crippen molar-refractivity contribution in [2.45, 2.75) is 32.6 Å². The minimum Gasteiger partial charge on any atom is -0.396 e. The number of sulfone groups is 1. The average Bonchev–Trinajstić information content (AvgIpc) is 2.48. The molecule has 0 amide bonds. The molecule has 3 nitrogen and oxygen atoms in total. The van der Waals surface area contributed by atoms with Crippen LogP contribution in [0.2, 0.25) is 0 Å². The monoisotopic (exact) mass is 220 g/mol. The first kappa shape index (κ1) is 12.0. The van der Waals surface area contributed by atoms with Gasteiger partial charge in [0.2, 0.25) is 0 Å². The van der Waals surface area contributed by atoms with Crippen molar-refractivity contribution in [3.05, 3.63) is 0 Å². The van der Waals surface area contributed by atoms with Gasteiger partial charge < -0.3 is 5.11 Å². The van der Waals surface area contributed by atoms with Crippen LogP contribution in [0, 0.1) is 11.8 Å². The third kappa shape index (κ3) is 3.24. The van der Waals surface area contributed by atoms with Crippen LogP contribution >= 0.6 is 0 Å². The second-order valence-electron chi connectivity index (χ2n) is 4.20. The van der Waals surface area contributed by atoms with Crippen molar-refractivity contribution in [3.8, 4) is 0 Å². The Morgan fingerprint density at radius 1 is 1.50 bits per heavy atom. The summed E-state index contributed by atoms with van der Waals surface area (Å²) in [4.78, 5) is 0. The minimum atomic E-state index is -2.74. The van der Waals surface area contributed by atoms with Crippen LogP contribution in [0.4, 0.5) is 0 Å². The molecule has 1 fully saturated rings. The molecule has 84 valence electrons. The van der Waals surface area contributed by atoms with Crippen LogP contribution in [-0.2, 0) is 9.84 Å². The van der Waals surface area contributed by atoms with E-state index in [1.165, 1.54) is 0 Å². The maximum absolute atomic E-state index is 11.3. The van der Waals surface area contributed by atoms with E-state index >= 15 is 0 Å². The topological polar surface area (TPSA) is 54.4 Å². The summed E-state index contributed by atoms with van der Waals surface area (Å²) < 4.78 is 22.6. The molecule has 1 N–H and O–H groups in total. The smallest absolute Gasteiger partial charge is 0.150 e. The molecule has 1 rings (SSSR count). The lowest BCUT2D eigenvalue weighted by Crippen LogP contribution is -2.16. The van der Waals surface area contributed by atoms with E-state index in [4.69, 9.17) is 5.11 Å². The lowest BCUT2D eigenvalue weighted by molar-refractivity contribution is 0.248. The predicted octanol–water partition coefficient (Wildman–Crippen LogP) is 1.22. The fraction of sp³-hybridized carbons (Fsp3) is 1.00. The van der Waals surface area contributed by atoms with E-state index in [0.717, 1.165) is 25.7 Å².